The summed E-state index contributed by atoms with van der Waals surface area (Å²) in [4.78, 5) is 18.3. The van der Waals surface area contributed by atoms with Crippen molar-refractivity contribution >= 4 is 11.9 Å². The van der Waals surface area contributed by atoms with E-state index in [0.29, 0.717) is 19.0 Å². The molecule has 0 aromatic heterocycles. The number of halogens is 1. The lowest BCUT2D eigenvalue weighted by Crippen LogP contribution is -2.43. The Balaban J connectivity index is 2.12. The maximum Gasteiger partial charge on any atom is 0.224 e. The summed E-state index contributed by atoms with van der Waals surface area (Å²) in [5, 5.41) is 9.23. The van der Waals surface area contributed by atoms with Gasteiger partial charge in [-0.15, -0.1) is 0 Å². The van der Waals surface area contributed by atoms with Gasteiger partial charge in [-0.2, -0.15) is 0 Å². The highest BCUT2D eigenvalue weighted by atomic mass is 19.1. The molecule has 0 atom stereocenters. The number of benzene rings is 1. The van der Waals surface area contributed by atoms with E-state index in [4.69, 9.17) is 4.74 Å². The van der Waals surface area contributed by atoms with E-state index in [1.807, 2.05) is 0 Å². The standard InChI is InChI=1S/C19H32FN5O2/c1-21-19(24-11-13-25(2)12-4-14-27-3)23-10-9-22-18(26)15-16-5-7-17(20)8-6-16/h5-8H,4,9-15H2,1-3H3,(H,22,26)(H2,21,23,24). The Kier molecular flexibility index (Phi) is 11.8. The zero-order valence-electron chi connectivity index (χ0n) is 16.6. The smallest absolute Gasteiger partial charge is 0.224 e. The van der Waals surface area contributed by atoms with Crippen molar-refractivity contribution in [2.75, 3.05) is 60.5 Å². The molecule has 0 heterocycles. The van der Waals surface area contributed by atoms with Gasteiger partial charge in [0.15, 0.2) is 5.96 Å². The average Bonchev–Trinajstić information content (AvgIpc) is 2.65. The van der Waals surface area contributed by atoms with E-state index < -0.39 is 0 Å². The van der Waals surface area contributed by atoms with E-state index in [2.05, 4.69) is 32.9 Å². The number of nitrogens with one attached hydrogen (secondary N) is 3. The third-order valence-electron chi connectivity index (χ3n) is 3.92. The van der Waals surface area contributed by atoms with Crippen molar-refractivity contribution < 1.29 is 13.9 Å². The Hall–Kier alpha value is -2.19. The number of carbonyl (C=O) groups is 1. The third-order valence-corrected chi connectivity index (χ3v) is 3.92. The van der Waals surface area contributed by atoms with E-state index >= 15 is 0 Å². The van der Waals surface area contributed by atoms with Crippen molar-refractivity contribution in [3.05, 3.63) is 35.6 Å². The second kappa shape index (κ2) is 13.9. The summed E-state index contributed by atoms with van der Waals surface area (Å²) >= 11 is 0. The Morgan fingerprint density at radius 3 is 2.44 bits per heavy atom. The van der Waals surface area contributed by atoms with Crippen molar-refractivity contribution in [1.82, 2.24) is 20.9 Å². The molecule has 8 heteroatoms. The fourth-order valence-electron chi connectivity index (χ4n) is 2.41. The Morgan fingerprint density at radius 2 is 1.78 bits per heavy atom. The third kappa shape index (κ3) is 11.2. The highest BCUT2D eigenvalue weighted by molar-refractivity contribution is 5.80. The Labute approximate surface area is 161 Å². The Morgan fingerprint density at radius 1 is 1.11 bits per heavy atom. The number of hydrogen-bond donors (Lipinski definition) is 3. The van der Waals surface area contributed by atoms with Crippen LogP contribution in [0.4, 0.5) is 4.39 Å². The van der Waals surface area contributed by atoms with Crippen molar-refractivity contribution in [2.24, 2.45) is 4.99 Å². The number of rotatable bonds is 12. The molecule has 0 unspecified atom stereocenters. The molecule has 7 nitrogen and oxygen atoms in total. The lowest BCUT2D eigenvalue weighted by molar-refractivity contribution is -0.120. The first kappa shape index (κ1) is 22.9. The molecule has 1 rings (SSSR count). The minimum Gasteiger partial charge on any atom is -0.385 e. The van der Waals surface area contributed by atoms with Crippen LogP contribution >= 0.6 is 0 Å². The maximum atomic E-state index is 12.9. The van der Waals surface area contributed by atoms with Gasteiger partial charge in [0.2, 0.25) is 5.91 Å². The molecular weight excluding hydrogens is 349 g/mol. The number of methoxy groups -OCH3 is 1. The molecule has 0 fully saturated rings. The summed E-state index contributed by atoms with van der Waals surface area (Å²) < 4.78 is 17.9. The number of carbonyl (C=O) groups excluding carboxylic acids is 1. The summed E-state index contributed by atoms with van der Waals surface area (Å²) in [5.74, 6) is 0.306. The molecule has 27 heavy (non-hydrogen) atoms. The summed E-state index contributed by atoms with van der Waals surface area (Å²) in [5.41, 5.74) is 0.786. The molecule has 0 aliphatic rings. The van der Waals surface area contributed by atoms with Crippen LogP contribution in [0.3, 0.4) is 0 Å². The number of aliphatic imine (C=N–C) groups is 1. The van der Waals surface area contributed by atoms with Crippen molar-refractivity contribution in [2.45, 2.75) is 12.8 Å². The molecule has 0 radical (unpaired) electrons. The molecule has 1 aromatic rings. The van der Waals surface area contributed by atoms with Gasteiger partial charge in [-0.05, 0) is 31.2 Å². The highest BCUT2D eigenvalue weighted by Crippen LogP contribution is 2.03. The van der Waals surface area contributed by atoms with Crippen LogP contribution in [0.15, 0.2) is 29.3 Å². The van der Waals surface area contributed by atoms with Gasteiger partial charge in [0.1, 0.15) is 5.82 Å². The average molecular weight is 381 g/mol. The quantitative estimate of drug-likeness (QED) is 0.281. The lowest BCUT2D eigenvalue weighted by Gasteiger charge is -2.18. The van der Waals surface area contributed by atoms with Crippen LogP contribution in [0.25, 0.3) is 0 Å². The number of ether oxygens (including phenoxy) is 1. The summed E-state index contributed by atoms with van der Waals surface area (Å²) in [6.45, 7) is 4.49. The van der Waals surface area contributed by atoms with E-state index in [9.17, 15) is 9.18 Å². The van der Waals surface area contributed by atoms with Gasteiger partial charge in [0, 0.05) is 53.5 Å². The molecule has 0 saturated heterocycles. The van der Waals surface area contributed by atoms with Gasteiger partial charge in [-0.1, -0.05) is 12.1 Å². The highest BCUT2D eigenvalue weighted by Gasteiger charge is 2.04. The number of guanidine groups is 1. The van der Waals surface area contributed by atoms with Crippen LogP contribution in [0.5, 0.6) is 0 Å². The lowest BCUT2D eigenvalue weighted by atomic mass is 10.1. The van der Waals surface area contributed by atoms with Gasteiger partial charge in [-0.3, -0.25) is 9.79 Å². The summed E-state index contributed by atoms with van der Waals surface area (Å²) in [7, 11) is 5.50. The van der Waals surface area contributed by atoms with Gasteiger partial charge in [0.05, 0.1) is 6.42 Å². The van der Waals surface area contributed by atoms with Crippen molar-refractivity contribution in [3.8, 4) is 0 Å². The summed E-state index contributed by atoms with van der Waals surface area (Å²) in [6, 6.07) is 5.94. The summed E-state index contributed by atoms with van der Waals surface area (Å²) in [6.07, 6.45) is 1.25. The topological polar surface area (TPSA) is 78.0 Å². The largest absolute Gasteiger partial charge is 0.385 e. The molecule has 1 aromatic carbocycles. The van der Waals surface area contributed by atoms with Crippen LogP contribution in [0.2, 0.25) is 0 Å². The minimum absolute atomic E-state index is 0.0935. The first-order valence-electron chi connectivity index (χ1n) is 9.18. The molecule has 0 saturated carbocycles. The predicted octanol–water partition coefficient (Wildman–Crippen LogP) is 0.618. The van der Waals surface area contributed by atoms with Gasteiger partial charge in [-0.25, -0.2) is 4.39 Å². The maximum absolute atomic E-state index is 12.9. The van der Waals surface area contributed by atoms with E-state index in [1.54, 1.807) is 26.3 Å². The van der Waals surface area contributed by atoms with Crippen LogP contribution in [0, 0.1) is 5.82 Å². The molecule has 0 aliphatic heterocycles. The van der Waals surface area contributed by atoms with Gasteiger partial charge < -0.3 is 25.6 Å². The van der Waals surface area contributed by atoms with E-state index in [0.717, 1.165) is 38.2 Å². The monoisotopic (exact) mass is 381 g/mol. The predicted molar refractivity (Wildman–Crippen MR) is 106 cm³/mol. The zero-order chi connectivity index (χ0) is 19.9. The fraction of sp³-hybridized carbons (Fsp3) is 0.579. The molecular formula is C19H32FN5O2. The van der Waals surface area contributed by atoms with Crippen molar-refractivity contribution in [1.29, 1.82) is 0 Å². The molecule has 152 valence electrons. The molecule has 1 amide bonds. The van der Waals surface area contributed by atoms with Gasteiger partial charge in [0.25, 0.3) is 0 Å². The van der Waals surface area contributed by atoms with Crippen molar-refractivity contribution in [3.63, 3.8) is 0 Å². The first-order chi connectivity index (χ1) is 13.0. The number of nitrogens with zero attached hydrogens (tertiary/aromatic N) is 2. The number of hydrogen-bond acceptors (Lipinski definition) is 4. The van der Waals surface area contributed by atoms with E-state index in [1.165, 1.54) is 12.1 Å². The van der Waals surface area contributed by atoms with Gasteiger partial charge >= 0.3 is 0 Å². The number of amides is 1. The molecule has 0 spiro atoms. The fourth-order valence-corrected chi connectivity index (χ4v) is 2.41. The van der Waals surface area contributed by atoms with Crippen LogP contribution in [-0.4, -0.2) is 77.3 Å². The second-order valence-electron chi connectivity index (χ2n) is 6.23. The minimum atomic E-state index is -0.302. The Bertz CT molecular complexity index is 566. The van der Waals surface area contributed by atoms with Crippen LogP contribution in [-0.2, 0) is 16.0 Å². The second-order valence-corrected chi connectivity index (χ2v) is 6.23. The van der Waals surface area contributed by atoms with E-state index in [-0.39, 0.29) is 18.1 Å². The number of likely N-dealkylation sites (N-methyl/N-ethyl adjacent to an activating group) is 1. The molecule has 0 aliphatic carbocycles. The molecule has 0 bridgehead atoms. The SMILES string of the molecule is CN=C(NCCNC(=O)Cc1ccc(F)cc1)NCCN(C)CCCOC. The first-order valence-corrected chi connectivity index (χ1v) is 9.18. The zero-order valence-corrected chi connectivity index (χ0v) is 16.6. The molecule has 3 N–H and O–H groups in total. The normalized spacial score (nSPS) is 11.5. The van der Waals surface area contributed by atoms with Crippen LogP contribution < -0.4 is 16.0 Å². The van der Waals surface area contributed by atoms with Crippen LogP contribution in [0.1, 0.15) is 12.0 Å².